The molecule has 162 valence electrons. The van der Waals surface area contributed by atoms with Crippen LogP contribution >= 0.6 is 24.0 Å². The third-order valence-corrected chi connectivity index (χ3v) is 7.37. The lowest BCUT2D eigenvalue weighted by Gasteiger charge is -2.14. The van der Waals surface area contributed by atoms with E-state index in [9.17, 15) is 13.2 Å². The van der Waals surface area contributed by atoms with Gasteiger partial charge in [-0.25, -0.2) is 0 Å². The van der Waals surface area contributed by atoms with Crippen molar-refractivity contribution in [1.29, 1.82) is 0 Å². The van der Waals surface area contributed by atoms with Gasteiger partial charge in [0.25, 0.3) is 5.91 Å². The Hall–Kier alpha value is -2.94. The van der Waals surface area contributed by atoms with Crippen molar-refractivity contribution in [2.24, 2.45) is 0 Å². The first-order chi connectivity index (χ1) is 15.3. The van der Waals surface area contributed by atoms with Crippen LogP contribution in [0.5, 0.6) is 5.75 Å². The highest BCUT2D eigenvalue weighted by atomic mass is 32.2. The Labute approximate surface area is 196 Å². The van der Waals surface area contributed by atoms with Crippen LogP contribution in [0.3, 0.4) is 0 Å². The van der Waals surface area contributed by atoms with Crippen molar-refractivity contribution in [3.05, 3.63) is 100 Å². The number of thioether (sulfide) groups is 1. The van der Waals surface area contributed by atoms with Gasteiger partial charge in [0.15, 0.2) is 0 Å². The lowest BCUT2D eigenvalue weighted by molar-refractivity contribution is -0.122. The van der Waals surface area contributed by atoms with E-state index in [0.717, 1.165) is 11.1 Å². The maximum atomic E-state index is 12.9. The first-order valence-corrected chi connectivity index (χ1v) is 12.4. The van der Waals surface area contributed by atoms with E-state index in [1.165, 1.54) is 23.9 Å². The van der Waals surface area contributed by atoms with E-state index in [-0.39, 0.29) is 16.6 Å². The zero-order chi connectivity index (χ0) is 22.7. The second-order valence-electron chi connectivity index (χ2n) is 7.18. The van der Waals surface area contributed by atoms with Crippen LogP contribution in [-0.2, 0) is 21.5 Å². The largest absolute Gasteiger partial charge is 0.379 e. The van der Waals surface area contributed by atoms with Crippen molar-refractivity contribution < 1.29 is 17.4 Å². The summed E-state index contributed by atoms with van der Waals surface area (Å²) in [5.74, 6) is -0.0125. The number of carbonyl (C=O) groups is 1. The van der Waals surface area contributed by atoms with Crippen molar-refractivity contribution in [3.63, 3.8) is 0 Å². The van der Waals surface area contributed by atoms with Crippen molar-refractivity contribution in [1.82, 2.24) is 4.90 Å². The van der Waals surface area contributed by atoms with Crippen LogP contribution in [0.25, 0.3) is 6.08 Å². The lowest BCUT2D eigenvalue weighted by atomic mass is 10.2. The minimum absolute atomic E-state index is 0.0790. The SMILES string of the molecule is Cc1ccc(S(=O)(=O)Oc2cccc(/C=C3/SC(=S)N(Cc4ccccc4)C3=O)c2)cc1. The fourth-order valence-electron chi connectivity index (χ4n) is 3.09. The van der Waals surface area contributed by atoms with E-state index in [1.54, 1.807) is 47.4 Å². The van der Waals surface area contributed by atoms with Gasteiger partial charge in [0.2, 0.25) is 0 Å². The lowest BCUT2D eigenvalue weighted by Crippen LogP contribution is -2.27. The minimum atomic E-state index is -3.96. The Bertz CT molecular complexity index is 1300. The summed E-state index contributed by atoms with van der Waals surface area (Å²) in [4.78, 5) is 15.0. The molecule has 3 aromatic carbocycles. The molecule has 0 N–H and O–H groups in total. The molecule has 0 aliphatic carbocycles. The maximum Gasteiger partial charge on any atom is 0.339 e. The Morgan fingerprint density at radius 3 is 2.44 bits per heavy atom. The van der Waals surface area contributed by atoms with Gasteiger partial charge in [0.1, 0.15) is 15.0 Å². The molecule has 3 aromatic rings. The molecule has 32 heavy (non-hydrogen) atoms. The molecule has 1 aliphatic heterocycles. The fraction of sp³-hybridized carbons (Fsp3) is 0.0833. The minimum Gasteiger partial charge on any atom is -0.379 e. The molecule has 1 aliphatic rings. The molecule has 1 heterocycles. The number of carbonyl (C=O) groups excluding carboxylic acids is 1. The fourth-order valence-corrected chi connectivity index (χ4v) is 5.27. The van der Waals surface area contributed by atoms with Crippen LogP contribution in [0.2, 0.25) is 0 Å². The summed E-state index contributed by atoms with van der Waals surface area (Å²) < 4.78 is 30.9. The van der Waals surface area contributed by atoms with E-state index >= 15 is 0 Å². The number of aryl methyl sites for hydroxylation is 1. The Kier molecular flexibility index (Phi) is 6.45. The van der Waals surface area contributed by atoms with Crippen LogP contribution in [0.1, 0.15) is 16.7 Å². The average Bonchev–Trinajstić information content (AvgIpc) is 3.02. The van der Waals surface area contributed by atoms with E-state index in [2.05, 4.69) is 0 Å². The third-order valence-electron chi connectivity index (χ3n) is 4.73. The first kappa shape index (κ1) is 22.3. The van der Waals surface area contributed by atoms with Crippen molar-refractivity contribution in [3.8, 4) is 5.75 Å². The van der Waals surface area contributed by atoms with Crippen LogP contribution in [0.15, 0.2) is 88.7 Å². The van der Waals surface area contributed by atoms with Crippen molar-refractivity contribution >= 4 is 50.4 Å². The van der Waals surface area contributed by atoms with Gasteiger partial charge in [-0.1, -0.05) is 84.1 Å². The quantitative estimate of drug-likeness (QED) is 0.275. The van der Waals surface area contributed by atoms with Gasteiger partial charge in [-0.3, -0.25) is 9.69 Å². The summed E-state index contributed by atoms with van der Waals surface area (Å²) in [5.41, 5.74) is 2.58. The number of nitrogens with zero attached hydrogens (tertiary/aromatic N) is 1. The van der Waals surface area contributed by atoms with Gasteiger partial charge < -0.3 is 4.18 Å². The number of rotatable bonds is 6. The molecule has 4 rings (SSSR count). The molecule has 1 amide bonds. The van der Waals surface area contributed by atoms with Gasteiger partial charge in [0.05, 0.1) is 11.4 Å². The van der Waals surface area contributed by atoms with Gasteiger partial charge in [-0.05, 0) is 48.4 Å². The molecule has 8 heteroatoms. The van der Waals surface area contributed by atoms with Gasteiger partial charge in [0, 0.05) is 0 Å². The monoisotopic (exact) mass is 481 g/mol. The molecular weight excluding hydrogens is 462 g/mol. The molecule has 0 spiro atoms. The summed E-state index contributed by atoms with van der Waals surface area (Å²) in [5, 5.41) is 0. The molecule has 0 radical (unpaired) electrons. The first-order valence-electron chi connectivity index (χ1n) is 9.72. The molecule has 5 nitrogen and oxygen atoms in total. The van der Waals surface area contributed by atoms with Crippen molar-refractivity contribution in [2.75, 3.05) is 0 Å². The second-order valence-corrected chi connectivity index (χ2v) is 10.4. The van der Waals surface area contributed by atoms with Gasteiger partial charge in [-0.15, -0.1) is 0 Å². The molecule has 0 aromatic heterocycles. The third kappa shape index (κ3) is 5.09. The van der Waals surface area contributed by atoms with Gasteiger partial charge >= 0.3 is 10.1 Å². The van der Waals surface area contributed by atoms with Gasteiger partial charge in [-0.2, -0.15) is 8.42 Å². The summed E-state index contributed by atoms with van der Waals surface area (Å²) >= 11 is 6.62. The number of thiocarbonyl (C=S) groups is 1. The summed E-state index contributed by atoms with van der Waals surface area (Å²) in [6.07, 6.45) is 1.69. The smallest absolute Gasteiger partial charge is 0.339 e. The topological polar surface area (TPSA) is 63.7 Å². The molecule has 0 atom stereocenters. The highest BCUT2D eigenvalue weighted by Gasteiger charge is 2.32. The summed E-state index contributed by atoms with van der Waals surface area (Å²) in [6, 6.07) is 22.7. The van der Waals surface area contributed by atoms with E-state index in [0.29, 0.717) is 21.3 Å². The average molecular weight is 482 g/mol. The normalized spacial score (nSPS) is 15.4. The number of hydrogen-bond acceptors (Lipinski definition) is 6. The zero-order valence-electron chi connectivity index (χ0n) is 17.1. The molecular formula is C24H19NO4S3. The highest BCUT2D eigenvalue weighted by molar-refractivity contribution is 8.26. The second kappa shape index (κ2) is 9.28. The van der Waals surface area contributed by atoms with E-state index in [1.807, 2.05) is 37.3 Å². The van der Waals surface area contributed by atoms with Crippen molar-refractivity contribution in [2.45, 2.75) is 18.4 Å². The number of benzene rings is 3. The van der Waals surface area contributed by atoms with Crippen LogP contribution < -0.4 is 4.18 Å². The molecule has 1 fully saturated rings. The predicted molar refractivity (Wildman–Crippen MR) is 131 cm³/mol. The molecule has 0 saturated carbocycles. The Morgan fingerprint density at radius 2 is 1.72 bits per heavy atom. The standard InChI is InChI=1S/C24H19NO4S3/c1-17-10-12-21(13-11-17)32(27,28)29-20-9-5-8-19(14-20)15-22-23(26)25(24(30)31-22)16-18-6-3-2-4-7-18/h2-15H,16H2,1H3/b22-15+. The Balaban J connectivity index is 1.53. The van der Waals surface area contributed by atoms with Crippen LogP contribution in [-0.4, -0.2) is 23.5 Å². The van der Waals surface area contributed by atoms with E-state index in [4.69, 9.17) is 16.4 Å². The molecule has 0 bridgehead atoms. The Morgan fingerprint density at radius 1 is 1.00 bits per heavy atom. The number of amides is 1. The predicted octanol–water partition coefficient (Wildman–Crippen LogP) is 5.16. The number of hydrogen-bond donors (Lipinski definition) is 0. The zero-order valence-corrected chi connectivity index (χ0v) is 19.5. The summed E-state index contributed by atoms with van der Waals surface area (Å²) in [6.45, 7) is 2.28. The van der Waals surface area contributed by atoms with E-state index < -0.39 is 10.1 Å². The van der Waals surface area contributed by atoms with Crippen LogP contribution in [0.4, 0.5) is 0 Å². The maximum absolute atomic E-state index is 12.9. The highest BCUT2D eigenvalue weighted by Crippen LogP contribution is 2.34. The summed E-state index contributed by atoms with van der Waals surface area (Å²) in [7, 11) is -3.96. The van der Waals surface area contributed by atoms with Crippen LogP contribution in [0, 0.1) is 6.92 Å². The molecule has 0 unspecified atom stereocenters. The molecule has 1 saturated heterocycles.